The topological polar surface area (TPSA) is 51.8 Å². The van der Waals surface area contributed by atoms with Gasteiger partial charge >= 0.3 is 0 Å². The van der Waals surface area contributed by atoms with Gasteiger partial charge < -0.3 is 4.42 Å². The van der Waals surface area contributed by atoms with E-state index in [4.69, 9.17) is 19.4 Å². The van der Waals surface area contributed by atoms with Crippen molar-refractivity contribution in [2.45, 2.75) is 0 Å². The van der Waals surface area contributed by atoms with Crippen LogP contribution in [-0.2, 0) is 0 Å². The Bertz CT molecular complexity index is 2180. The number of fused-ring (bicyclic) bond motifs is 6. The second-order valence-electron chi connectivity index (χ2n) is 9.67. The fourth-order valence-corrected chi connectivity index (χ4v) is 5.44. The average molecular weight is 500 g/mol. The Kier molecular flexibility index (Phi) is 4.79. The summed E-state index contributed by atoms with van der Waals surface area (Å²) in [7, 11) is 0. The molecule has 0 aliphatic rings. The summed E-state index contributed by atoms with van der Waals surface area (Å²) in [6, 6.07) is 43.4. The molecule has 0 fully saturated rings. The lowest BCUT2D eigenvalue weighted by Gasteiger charge is -2.11. The smallest absolute Gasteiger partial charge is 0.164 e. The van der Waals surface area contributed by atoms with Crippen molar-refractivity contribution in [3.63, 3.8) is 0 Å². The Morgan fingerprint density at radius 1 is 0.410 bits per heavy atom. The molecule has 39 heavy (non-hydrogen) atoms. The highest BCUT2D eigenvalue weighted by Crippen LogP contribution is 2.37. The molecule has 2 aromatic heterocycles. The standard InChI is InChI=1S/C35H21N3O/c1-2-10-24(11-3-1)33-36-34(38-35(37-33)27-15-8-12-22-9-4-5-13-26(22)27)25-18-17-23-19-20-31-32(29(23)21-25)28-14-6-7-16-30(28)39-31/h1-21H. The third kappa shape index (κ3) is 3.57. The molecule has 0 aliphatic heterocycles. The first kappa shape index (κ1) is 21.7. The molecule has 0 aliphatic carbocycles. The normalized spacial score (nSPS) is 11.6. The minimum Gasteiger partial charge on any atom is -0.456 e. The summed E-state index contributed by atoms with van der Waals surface area (Å²) in [4.78, 5) is 15.0. The van der Waals surface area contributed by atoms with Gasteiger partial charge in [-0.2, -0.15) is 0 Å². The zero-order valence-electron chi connectivity index (χ0n) is 20.9. The summed E-state index contributed by atoms with van der Waals surface area (Å²) < 4.78 is 6.16. The lowest BCUT2D eigenvalue weighted by Crippen LogP contribution is -2.00. The van der Waals surface area contributed by atoms with Gasteiger partial charge in [-0.05, 0) is 39.7 Å². The SMILES string of the molecule is c1ccc(-c2nc(-c3ccc4ccc5oc6ccccc6c5c4c3)nc(-c3cccc4ccccc34)n2)cc1. The van der Waals surface area contributed by atoms with E-state index in [9.17, 15) is 0 Å². The molecule has 0 atom stereocenters. The Balaban J connectivity index is 1.40. The summed E-state index contributed by atoms with van der Waals surface area (Å²) in [5.41, 5.74) is 4.62. The average Bonchev–Trinajstić information content (AvgIpc) is 3.40. The number of hydrogen-bond acceptors (Lipinski definition) is 4. The Morgan fingerprint density at radius 3 is 1.97 bits per heavy atom. The van der Waals surface area contributed by atoms with E-state index in [1.165, 1.54) is 0 Å². The zero-order valence-corrected chi connectivity index (χ0v) is 20.9. The number of para-hydroxylation sites is 1. The van der Waals surface area contributed by atoms with Gasteiger partial charge in [0.15, 0.2) is 17.5 Å². The van der Waals surface area contributed by atoms with Crippen LogP contribution in [0.4, 0.5) is 0 Å². The number of furan rings is 1. The summed E-state index contributed by atoms with van der Waals surface area (Å²) in [5, 5.41) is 6.73. The summed E-state index contributed by atoms with van der Waals surface area (Å²) in [6.45, 7) is 0. The van der Waals surface area contributed by atoms with Crippen LogP contribution in [0.25, 0.3) is 77.6 Å². The first-order valence-electron chi connectivity index (χ1n) is 13.0. The molecule has 0 saturated carbocycles. The van der Waals surface area contributed by atoms with Crippen LogP contribution in [-0.4, -0.2) is 15.0 Å². The maximum absolute atomic E-state index is 6.16. The van der Waals surface area contributed by atoms with Crippen molar-refractivity contribution in [3.8, 4) is 34.2 Å². The lowest BCUT2D eigenvalue weighted by atomic mass is 10.0. The Labute approximate surface area is 224 Å². The molecular weight excluding hydrogens is 478 g/mol. The largest absolute Gasteiger partial charge is 0.456 e. The molecule has 0 bridgehead atoms. The summed E-state index contributed by atoms with van der Waals surface area (Å²) in [5.74, 6) is 1.94. The third-order valence-electron chi connectivity index (χ3n) is 7.32. The van der Waals surface area contributed by atoms with E-state index in [0.717, 1.165) is 60.2 Å². The molecule has 8 rings (SSSR count). The third-order valence-corrected chi connectivity index (χ3v) is 7.32. The predicted molar refractivity (Wildman–Crippen MR) is 158 cm³/mol. The number of benzene rings is 6. The number of hydrogen-bond donors (Lipinski definition) is 0. The molecule has 4 heteroatoms. The number of aromatic nitrogens is 3. The van der Waals surface area contributed by atoms with Crippen LogP contribution in [0.1, 0.15) is 0 Å². The van der Waals surface area contributed by atoms with E-state index < -0.39 is 0 Å². The van der Waals surface area contributed by atoms with Crippen LogP contribution in [0, 0.1) is 0 Å². The predicted octanol–water partition coefficient (Wildman–Crippen LogP) is 9.08. The van der Waals surface area contributed by atoms with E-state index >= 15 is 0 Å². The van der Waals surface area contributed by atoms with Gasteiger partial charge in [0.25, 0.3) is 0 Å². The van der Waals surface area contributed by atoms with E-state index in [0.29, 0.717) is 17.5 Å². The molecule has 0 amide bonds. The maximum Gasteiger partial charge on any atom is 0.164 e. The van der Waals surface area contributed by atoms with Gasteiger partial charge in [-0.3, -0.25) is 0 Å². The summed E-state index contributed by atoms with van der Waals surface area (Å²) in [6.07, 6.45) is 0. The van der Waals surface area contributed by atoms with E-state index in [-0.39, 0.29) is 0 Å². The fraction of sp³-hybridized carbons (Fsp3) is 0. The van der Waals surface area contributed by atoms with Crippen molar-refractivity contribution in [1.82, 2.24) is 15.0 Å². The van der Waals surface area contributed by atoms with Gasteiger partial charge in [0, 0.05) is 27.5 Å². The second kappa shape index (κ2) is 8.61. The Morgan fingerprint density at radius 2 is 1.08 bits per heavy atom. The quantitative estimate of drug-likeness (QED) is 0.243. The highest BCUT2D eigenvalue weighted by molar-refractivity contribution is 6.19. The number of nitrogens with zero attached hydrogens (tertiary/aromatic N) is 3. The molecule has 8 aromatic rings. The van der Waals surface area contributed by atoms with Crippen molar-refractivity contribution >= 4 is 43.5 Å². The molecule has 0 radical (unpaired) electrons. The zero-order chi connectivity index (χ0) is 25.8. The molecule has 0 unspecified atom stereocenters. The molecule has 0 N–H and O–H groups in total. The molecule has 2 heterocycles. The van der Waals surface area contributed by atoms with Crippen LogP contribution in [0.5, 0.6) is 0 Å². The minimum atomic E-state index is 0.637. The fourth-order valence-electron chi connectivity index (χ4n) is 5.44. The van der Waals surface area contributed by atoms with Crippen molar-refractivity contribution in [1.29, 1.82) is 0 Å². The van der Waals surface area contributed by atoms with Gasteiger partial charge in [0.1, 0.15) is 11.2 Å². The lowest BCUT2D eigenvalue weighted by molar-refractivity contribution is 0.669. The van der Waals surface area contributed by atoms with Crippen molar-refractivity contribution in [2.24, 2.45) is 0 Å². The molecule has 0 spiro atoms. The number of rotatable bonds is 3. The molecule has 4 nitrogen and oxygen atoms in total. The van der Waals surface area contributed by atoms with Gasteiger partial charge in [0.05, 0.1) is 0 Å². The first-order valence-corrected chi connectivity index (χ1v) is 13.0. The van der Waals surface area contributed by atoms with Gasteiger partial charge in [0.2, 0.25) is 0 Å². The van der Waals surface area contributed by atoms with E-state index in [1.807, 2.05) is 48.5 Å². The molecule has 182 valence electrons. The van der Waals surface area contributed by atoms with Crippen LogP contribution >= 0.6 is 0 Å². The summed E-state index contributed by atoms with van der Waals surface area (Å²) >= 11 is 0. The van der Waals surface area contributed by atoms with Crippen LogP contribution in [0.2, 0.25) is 0 Å². The molecule has 0 saturated heterocycles. The molecule has 6 aromatic carbocycles. The monoisotopic (exact) mass is 499 g/mol. The van der Waals surface area contributed by atoms with Gasteiger partial charge in [-0.25, -0.2) is 15.0 Å². The maximum atomic E-state index is 6.16. The van der Waals surface area contributed by atoms with E-state index in [1.54, 1.807) is 0 Å². The van der Waals surface area contributed by atoms with Crippen molar-refractivity contribution < 1.29 is 4.42 Å². The highest BCUT2D eigenvalue weighted by atomic mass is 16.3. The van der Waals surface area contributed by atoms with Gasteiger partial charge in [-0.15, -0.1) is 0 Å². The van der Waals surface area contributed by atoms with Crippen LogP contribution in [0.15, 0.2) is 132 Å². The Hall–Kier alpha value is -5.35. The van der Waals surface area contributed by atoms with E-state index in [2.05, 4.69) is 78.9 Å². The van der Waals surface area contributed by atoms with Crippen LogP contribution < -0.4 is 0 Å². The van der Waals surface area contributed by atoms with Gasteiger partial charge in [-0.1, -0.05) is 109 Å². The van der Waals surface area contributed by atoms with Crippen LogP contribution in [0.3, 0.4) is 0 Å². The minimum absolute atomic E-state index is 0.637. The first-order chi connectivity index (χ1) is 19.3. The van der Waals surface area contributed by atoms with Crippen molar-refractivity contribution in [2.75, 3.05) is 0 Å². The molecular formula is C35H21N3O. The van der Waals surface area contributed by atoms with Crippen molar-refractivity contribution in [3.05, 3.63) is 127 Å². The second-order valence-corrected chi connectivity index (χ2v) is 9.67. The highest BCUT2D eigenvalue weighted by Gasteiger charge is 2.16.